The summed E-state index contributed by atoms with van der Waals surface area (Å²) in [7, 11) is 0. The molecule has 0 saturated heterocycles. The number of hydrogen-bond acceptors (Lipinski definition) is 2. The van der Waals surface area contributed by atoms with Crippen LogP contribution in [0.15, 0.2) is 42.5 Å². The van der Waals surface area contributed by atoms with Crippen LogP contribution in [-0.4, -0.2) is 5.78 Å². The summed E-state index contributed by atoms with van der Waals surface area (Å²) in [5.41, 5.74) is 0.927. The van der Waals surface area contributed by atoms with Crippen molar-refractivity contribution < 1.29 is 18.3 Å². The molecule has 0 aromatic heterocycles. The van der Waals surface area contributed by atoms with Crippen molar-refractivity contribution in [1.82, 2.24) is 0 Å². The molecule has 0 aliphatic carbocycles. The predicted molar refractivity (Wildman–Crippen MR) is 75.2 cm³/mol. The fraction of sp³-hybridized carbons (Fsp3) is 0.188. The van der Waals surface area contributed by atoms with E-state index in [-0.39, 0.29) is 17.8 Å². The van der Waals surface area contributed by atoms with E-state index in [1.807, 2.05) is 0 Å². The van der Waals surface area contributed by atoms with Crippen molar-refractivity contribution in [2.24, 2.45) is 0 Å². The Morgan fingerprint density at radius 3 is 2.76 bits per heavy atom. The number of carbonyl (C=O) groups excluding carboxylic acids is 1. The van der Waals surface area contributed by atoms with Gasteiger partial charge in [-0.3, -0.25) is 4.79 Å². The SMILES string of the molecule is O=C1CC(c2cccc(C(F)F)c2)Oc2ccc(Cl)cc21. The molecule has 0 saturated carbocycles. The van der Waals surface area contributed by atoms with Gasteiger partial charge in [-0.25, -0.2) is 8.78 Å². The van der Waals surface area contributed by atoms with E-state index in [1.165, 1.54) is 12.1 Å². The summed E-state index contributed by atoms with van der Waals surface area (Å²) < 4.78 is 31.3. The largest absolute Gasteiger partial charge is 0.484 e. The number of benzene rings is 2. The first kappa shape index (κ1) is 14.0. The van der Waals surface area contributed by atoms with Crippen LogP contribution >= 0.6 is 11.6 Å². The lowest BCUT2D eigenvalue weighted by atomic mass is 9.95. The smallest absolute Gasteiger partial charge is 0.263 e. The molecule has 0 radical (unpaired) electrons. The molecule has 1 atom stereocenters. The monoisotopic (exact) mass is 308 g/mol. The van der Waals surface area contributed by atoms with E-state index in [4.69, 9.17) is 16.3 Å². The first-order valence-corrected chi connectivity index (χ1v) is 6.80. The second-order valence-corrected chi connectivity index (χ2v) is 5.28. The number of Topliss-reactive ketones (excluding diaryl/α,β-unsaturated/α-hetero) is 1. The minimum absolute atomic E-state index is 0.0783. The number of fused-ring (bicyclic) bond motifs is 1. The minimum atomic E-state index is -2.55. The lowest BCUT2D eigenvalue weighted by Gasteiger charge is -2.26. The van der Waals surface area contributed by atoms with Crippen LogP contribution in [0.3, 0.4) is 0 Å². The van der Waals surface area contributed by atoms with Gasteiger partial charge in [-0.15, -0.1) is 0 Å². The van der Waals surface area contributed by atoms with Gasteiger partial charge in [0.15, 0.2) is 5.78 Å². The third-order valence-corrected chi connectivity index (χ3v) is 3.65. The second-order valence-electron chi connectivity index (χ2n) is 4.85. The van der Waals surface area contributed by atoms with E-state index in [2.05, 4.69) is 0 Å². The van der Waals surface area contributed by atoms with Gasteiger partial charge in [-0.2, -0.15) is 0 Å². The lowest BCUT2D eigenvalue weighted by Crippen LogP contribution is -2.20. The molecule has 1 unspecified atom stereocenters. The van der Waals surface area contributed by atoms with E-state index in [0.717, 1.165) is 0 Å². The van der Waals surface area contributed by atoms with Crippen LogP contribution in [0, 0.1) is 0 Å². The van der Waals surface area contributed by atoms with Crippen molar-refractivity contribution >= 4 is 17.4 Å². The highest BCUT2D eigenvalue weighted by molar-refractivity contribution is 6.31. The van der Waals surface area contributed by atoms with E-state index in [9.17, 15) is 13.6 Å². The van der Waals surface area contributed by atoms with Crippen LogP contribution < -0.4 is 4.74 Å². The molecular weight excluding hydrogens is 298 g/mol. The van der Waals surface area contributed by atoms with Gasteiger partial charge in [0, 0.05) is 10.6 Å². The molecule has 0 amide bonds. The van der Waals surface area contributed by atoms with Crippen LogP contribution in [0.4, 0.5) is 8.78 Å². The van der Waals surface area contributed by atoms with Gasteiger partial charge in [-0.1, -0.05) is 29.8 Å². The van der Waals surface area contributed by atoms with Gasteiger partial charge in [0.25, 0.3) is 6.43 Å². The molecule has 0 N–H and O–H groups in total. The van der Waals surface area contributed by atoms with Gasteiger partial charge < -0.3 is 4.74 Å². The number of halogens is 3. The lowest BCUT2D eigenvalue weighted by molar-refractivity contribution is 0.0849. The maximum absolute atomic E-state index is 12.8. The number of carbonyl (C=O) groups is 1. The zero-order valence-corrected chi connectivity index (χ0v) is 11.6. The Morgan fingerprint density at radius 2 is 2.00 bits per heavy atom. The number of alkyl halides is 2. The molecule has 2 aromatic rings. The summed E-state index contributed by atoms with van der Waals surface area (Å²) in [6.07, 6.45) is -2.99. The fourth-order valence-corrected chi connectivity index (χ4v) is 2.55. The summed E-state index contributed by atoms with van der Waals surface area (Å²) in [5.74, 6) is 0.328. The third kappa shape index (κ3) is 2.76. The Kier molecular flexibility index (Phi) is 3.64. The Bertz CT molecular complexity index is 700. The molecular formula is C16H11ClF2O2. The summed E-state index contributed by atoms with van der Waals surface area (Å²) in [5, 5.41) is 0.462. The van der Waals surface area contributed by atoms with E-state index in [1.54, 1.807) is 30.3 Å². The summed E-state index contributed by atoms with van der Waals surface area (Å²) in [4.78, 5) is 12.2. The Hall–Kier alpha value is -1.94. The van der Waals surface area contributed by atoms with Gasteiger partial charge in [0.05, 0.1) is 12.0 Å². The molecule has 1 aliphatic heterocycles. The molecule has 21 heavy (non-hydrogen) atoms. The quantitative estimate of drug-likeness (QED) is 0.781. The van der Waals surface area contributed by atoms with Crippen LogP contribution in [0.1, 0.15) is 40.4 Å². The van der Waals surface area contributed by atoms with Gasteiger partial charge >= 0.3 is 0 Å². The fourth-order valence-electron chi connectivity index (χ4n) is 2.38. The van der Waals surface area contributed by atoms with Crippen molar-refractivity contribution in [3.8, 4) is 5.75 Å². The zero-order valence-electron chi connectivity index (χ0n) is 10.9. The number of ether oxygens (including phenoxy) is 1. The maximum Gasteiger partial charge on any atom is 0.263 e. The number of ketones is 1. The van der Waals surface area contributed by atoms with E-state index < -0.39 is 12.5 Å². The van der Waals surface area contributed by atoms with Crippen molar-refractivity contribution in [2.75, 3.05) is 0 Å². The first-order valence-electron chi connectivity index (χ1n) is 6.42. The molecule has 2 nitrogen and oxygen atoms in total. The average Bonchev–Trinajstić information content (AvgIpc) is 2.48. The molecule has 5 heteroatoms. The molecule has 108 valence electrons. The van der Waals surface area contributed by atoms with Crippen molar-refractivity contribution in [1.29, 1.82) is 0 Å². The van der Waals surface area contributed by atoms with Crippen molar-refractivity contribution in [3.63, 3.8) is 0 Å². The topological polar surface area (TPSA) is 26.3 Å². The summed E-state index contributed by atoms with van der Waals surface area (Å²) in [6, 6.07) is 10.8. The molecule has 1 heterocycles. The molecule has 0 spiro atoms. The van der Waals surface area contributed by atoms with Crippen LogP contribution in [0.5, 0.6) is 5.75 Å². The Labute approximate surface area is 125 Å². The average molecular weight is 309 g/mol. The normalized spacial score (nSPS) is 17.5. The van der Waals surface area contributed by atoms with Gasteiger partial charge in [0.2, 0.25) is 0 Å². The predicted octanol–water partition coefficient (Wildman–Crippen LogP) is 4.98. The highest BCUT2D eigenvalue weighted by Crippen LogP contribution is 2.36. The standard InChI is InChI=1S/C16H11ClF2O2/c17-11-4-5-14-12(7-11)13(20)8-15(21-14)9-2-1-3-10(6-9)16(18)19/h1-7,15-16H,8H2. The summed E-state index contributed by atoms with van der Waals surface area (Å²) >= 11 is 5.86. The van der Waals surface area contributed by atoms with E-state index >= 15 is 0 Å². The summed E-state index contributed by atoms with van der Waals surface area (Å²) in [6.45, 7) is 0. The Morgan fingerprint density at radius 1 is 1.19 bits per heavy atom. The third-order valence-electron chi connectivity index (χ3n) is 3.42. The number of rotatable bonds is 2. The molecule has 3 rings (SSSR count). The van der Waals surface area contributed by atoms with E-state index in [0.29, 0.717) is 21.9 Å². The molecule has 1 aliphatic rings. The van der Waals surface area contributed by atoms with Crippen LogP contribution in [-0.2, 0) is 0 Å². The van der Waals surface area contributed by atoms with Gasteiger partial charge in [0.1, 0.15) is 11.9 Å². The molecule has 2 aromatic carbocycles. The molecule has 0 bridgehead atoms. The second kappa shape index (κ2) is 5.45. The Balaban J connectivity index is 1.94. The number of hydrogen-bond donors (Lipinski definition) is 0. The van der Waals surface area contributed by atoms with Crippen molar-refractivity contribution in [3.05, 3.63) is 64.2 Å². The van der Waals surface area contributed by atoms with Crippen LogP contribution in [0.25, 0.3) is 0 Å². The minimum Gasteiger partial charge on any atom is -0.484 e. The zero-order chi connectivity index (χ0) is 15.0. The molecule has 0 fully saturated rings. The van der Waals surface area contributed by atoms with Gasteiger partial charge in [-0.05, 0) is 29.8 Å². The first-order chi connectivity index (χ1) is 10.0. The van der Waals surface area contributed by atoms with Crippen molar-refractivity contribution in [2.45, 2.75) is 19.0 Å². The highest BCUT2D eigenvalue weighted by Gasteiger charge is 2.28. The van der Waals surface area contributed by atoms with Crippen LogP contribution in [0.2, 0.25) is 5.02 Å². The maximum atomic E-state index is 12.8. The highest BCUT2D eigenvalue weighted by atomic mass is 35.5.